The van der Waals surface area contributed by atoms with Crippen LogP contribution in [0.15, 0.2) is 72.9 Å². The maximum absolute atomic E-state index is 12.3. The summed E-state index contributed by atoms with van der Waals surface area (Å²) in [5, 5.41) is 0. The third kappa shape index (κ3) is 44.8. The van der Waals surface area contributed by atoms with Gasteiger partial charge in [0.05, 0.1) is 6.61 Å². The van der Waals surface area contributed by atoms with E-state index >= 15 is 0 Å². The normalized spacial score (nSPS) is 13.9. The van der Waals surface area contributed by atoms with E-state index in [-0.39, 0.29) is 49.0 Å². The number of hydrogen-bond acceptors (Lipinski definition) is 7. The number of ether oxygens (including phenoxy) is 2. The summed E-state index contributed by atoms with van der Waals surface area (Å²) in [5.41, 5.74) is 0. The SMILES string of the molecule is CC/C=C/C/C=C/C/C=C/C/C=C/C/C=C/C/C=C/CCC(=O)O[C@H](COC(=O)CCCCCCCCCCCCCCCCC)COP(=O)([O-])O.[Na+]. The van der Waals surface area contributed by atoms with Gasteiger partial charge in [-0.2, -0.15) is 0 Å². The minimum Gasteiger partial charge on any atom is -0.756 e. The van der Waals surface area contributed by atoms with Crippen LogP contribution in [0.3, 0.4) is 0 Å². The molecule has 0 aromatic rings. The Kier molecular flexibility index (Phi) is 42.1. The fourth-order valence-corrected chi connectivity index (χ4v) is 5.63. The molecule has 0 bridgehead atoms. The van der Waals surface area contributed by atoms with E-state index in [0.29, 0.717) is 12.8 Å². The molecule has 0 aliphatic rings. The summed E-state index contributed by atoms with van der Waals surface area (Å²) in [7, 11) is -5.02. The summed E-state index contributed by atoms with van der Waals surface area (Å²) in [5.74, 6) is -1.02. The van der Waals surface area contributed by atoms with Crippen molar-refractivity contribution in [2.45, 2.75) is 174 Å². The molecule has 0 aliphatic heterocycles. The van der Waals surface area contributed by atoms with Gasteiger partial charge in [-0.05, 0) is 51.4 Å². The van der Waals surface area contributed by atoms with Gasteiger partial charge in [0, 0.05) is 12.8 Å². The number of phosphoric acid groups is 1. The molecule has 0 aromatic heterocycles. The molecular weight excluding hydrogens is 698 g/mol. The summed E-state index contributed by atoms with van der Waals surface area (Å²) in [6.07, 6.45) is 49.0. The average Bonchev–Trinajstić information content (AvgIpc) is 3.11. The van der Waals surface area contributed by atoms with Gasteiger partial charge in [0.15, 0.2) is 6.10 Å². The predicted molar refractivity (Wildman–Crippen MR) is 214 cm³/mol. The first-order chi connectivity index (χ1) is 25.3. The van der Waals surface area contributed by atoms with E-state index in [9.17, 15) is 19.0 Å². The number of esters is 2. The molecule has 1 N–H and O–H groups in total. The summed E-state index contributed by atoms with van der Waals surface area (Å²) in [6, 6.07) is 0. The minimum absolute atomic E-state index is 0. The molecule has 0 amide bonds. The first kappa shape index (κ1) is 53.6. The van der Waals surface area contributed by atoms with Crippen LogP contribution >= 0.6 is 7.82 Å². The third-order valence-corrected chi connectivity index (χ3v) is 8.72. The number of carbonyl (C=O) groups excluding carboxylic acids is 2. The second kappa shape index (κ2) is 41.6. The molecular formula is C43H72NaO8P. The van der Waals surface area contributed by atoms with Crippen LogP contribution in [-0.2, 0) is 28.2 Å². The Morgan fingerprint density at radius 3 is 1.38 bits per heavy atom. The second-order valence-electron chi connectivity index (χ2n) is 13.2. The van der Waals surface area contributed by atoms with Crippen LogP contribution in [0.5, 0.6) is 0 Å². The topological polar surface area (TPSA) is 122 Å². The van der Waals surface area contributed by atoms with Gasteiger partial charge >= 0.3 is 41.5 Å². The Balaban J connectivity index is 0. The molecule has 0 fully saturated rings. The van der Waals surface area contributed by atoms with Gasteiger partial charge in [0.25, 0.3) is 7.82 Å². The second-order valence-corrected chi connectivity index (χ2v) is 14.4. The van der Waals surface area contributed by atoms with E-state index in [4.69, 9.17) is 14.4 Å². The van der Waals surface area contributed by atoms with E-state index in [1.807, 2.05) is 12.2 Å². The van der Waals surface area contributed by atoms with Gasteiger partial charge in [-0.3, -0.25) is 14.2 Å². The van der Waals surface area contributed by atoms with Crippen molar-refractivity contribution >= 4 is 19.8 Å². The van der Waals surface area contributed by atoms with Crippen molar-refractivity contribution in [1.29, 1.82) is 0 Å². The Labute approximate surface area is 345 Å². The maximum Gasteiger partial charge on any atom is 1.00 e. The summed E-state index contributed by atoms with van der Waals surface area (Å²) in [4.78, 5) is 44.6. The molecule has 0 spiro atoms. The van der Waals surface area contributed by atoms with Crippen LogP contribution in [0.4, 0.5) is 0 Å². The fraction of sp³-hybridized carbons (Fsp3) is 0.674. The average molecular weight is 771 g/mol. The molecule has 53 heavy (non-hydrogen) atoms. The van der Waals surface area contributed by atoms with Crippen molar-refractivity contribution in [3.63, 3.8) is 0 Å². The Hall–Kier alpha value is -1.51. The molecule has 2 atom stereocenters. The molecule has 298 valence electrons. The van der Waals surface area contributed by atoms with E-state index < -0.39 is 32.5 Å². The molecule has 0 heterocycles. The van der Waals surface area contributed by atoms with Gasteiger partial charge in [0.2, 0.25) is 0 Å². The number of rotatable bonds is 36. The molecule has 0 rings (SSSR count). The van der Waals surface area contributed by atoms with Gasteiger partial charge < -0.3 is 23.8 Å². The van der Waals surface area contributed by atoms with E-state index in [1.165, 1.54) is 70.6 Å². The number of phosphoric ester groups is 1. The molecule has 0 radical (unpaired) electrons. The van der Waals surface area contributed by atoms with Gasteiger partial charge in [-0.25, -0.2) is 0 Å². The smallest absolute Gasteiger partial charge is 0.756 e. The number of unbranched alkanes of at least 4 members (excludes halogenated alkanes) is 14. The van der Waals surface area contributed by atoms with E-state index in [2.05, 4.69) is 79.1 Å². The van der Waals surface area contributed by atoms with Crippen molar-refractivity contribution in [1.82, 2.24) is 0 Å². The number of allylic oxidation sites excluding steroid dienone is 12. The summed E-state index contributed by atoms with van der Waals surface area (Å²) in [6.45, 7) is 3.41. The number of hydrogen-bond donors (Lipinski definition) is 1. The van der Waals surface area contributed by atoms with Crippen molar-refractivity contribution in [2.24, 2.45) is 0 Å². The quantitative estimate of drug-likeness (QED) is 0.0221. The van der Waals surface area contributed by atoms with Crippen LogP contribution in [-0.4, -0.2) is 36.1 Å². The Morgan fingerprint density at radius 1 is 0.566 bits per heavy atom. The zero-order valence-electron chi connectivity index (χ0n) is 33.6. The maximum atomic E-state index is 12.3. The molecule has 0 saturated heterocycles. The number of carbonyl (C=O) groups is 2. The van der Waals surface area contributed by atoms with Crippen molar-refractivity contribution in [3.8, 4) is 0 Å². The van der Waals surface area contributed by atoms with Crippen molar-refractivity contribution < 1.29 is 67.5 Å². The molecule has 0 aromatic carbocycles. The Morgan fingerprint density at radius 2 is 0.962 bits per heavy atom. The molecule has 0 saturated carbocycles. The summed E-state index contributed by atoms with van der Waals surface area (Å²) >= 11 is 0. The van der Waals surface area contributed by atoms with Gasteiger partial charge in [-0.1, -0.05) is 177 Å². The minimum atomic E-state index is -5.02. The molecule has 1 unspecified atom stereocenters. The predicted octanol–water partition coefficient (Wildman–Crippen LogP) is 8.66. The van der Waals surface area contributed by atoms with Gasteiger partial charge in [0.1, 0.15) is 6.61 Å². The first-order valence-electron chi connectivity index (χ1n) is 20.2. The Bertz CT molecular complexity index is 1080. The first-order valence-corrected chi connectivity index (χ1v) is 21.7. The van der Waals surface area contributed by atoms with Crippen molar-refractivity contribution in [3.05, 3.63) is 72.9 Å². The fourth-order valence-electron chi connectivity index (χ4n) is 5.28. The molecule has 0 aliphatic carbocycles. The van der Waals surface area contributed by atoms with E-state index in [1.54, 1.807) is 0 Å². The van der Waals surface area contributed by atoms with Crippen molar-refractivity contribution in [2.75, 3.05) is 13.2 Å². The van der Waals surface area contributed by atoms with Crippen LogP contribution in [0, 0.1) is 0 Å². The van der Waals surface area contributed by atoms with Gasteiger partial charge in [-0.15, -0.1) is 0 Å². The van der Waals surface area contributed by atoms with Crippen LogP contribution in [0.1, 0.15) is 168 Å². The zero-order valence-corrected chi connectivity index (χ0v) is 36.5. The van der Waals surface area contributed by atoms with Crippen LogP contribution < -0.4 is 34.5 Å². The largest absolute Gasteiger partial charge is 1.00 e. The monoisotopic (exact) mass is 770 g/mol. The molecule has 8 nitrogen and oxygen atoms in total. The zero-order chi connectivity index (χ0) is 38.2. The third-order valence-electron chi connectivity index (χ3n) is 8.25. The summed E-state index contributed by atoms with van der Waals surface area (Å²) < 4.78 is 26.0. The van der Waals surface area contributed by atoms with E-state index in [0.717, 1.165) is 57.8 Å². The van der Waals surface area contributed by atoms with Crippen LogP contribution in [0.25, 0.3) is 0 Å². The standard InChI is InChI=1S/C43H73O8P.Na/c1-3-5-7-9-11-13-15-17-19-20-21-22-24-26-28-30-32-34-36-38-43(45)51-41(40-50-52(46,47)48)39-49-42(44)37-35-33-31-29-27-25-23-18-16-14-12-10-8-6-4-2;/h5,7,11,13,17,19,21-22,26,28,32,34,41H,3-4,6,8-10,12,14-16,18,20,23-25,27,29-31,33,35-40H2,1-2H3,(H2,46,47,48);/q;+1/p-1/b7-5+,13-11+,19-17+,22-21+,28-26+,34-32+;/t41-;/m1./s1. The molecule has 10 heteroatoms. The van der Waals surface area contributed by atoms with Crippen LogP contribution in [0.2, 0.25) is 0 Å².